The Hall–Kier alpha value is -2.67. The average Bonchev–Trinajstić information content (AvgIpc) is 2.62. The first kappa shape index (κ1) is 17.2. The highest BCUT2D eigenvalue weighted by molar-refractivity contribution is 7.98. The molecule has 3 rings (SSSR count). The van der Waals surface area contributed by atoms with Crippen LogP contribution >= 0.6 is 11.8 Å². The van der Waals surface area contributed by atoms with Gasteiger partial charge in [-0.3, -0.25) is 9.59 Å². The van der Waals surface area contributed by atoms with Gasteiger partial charge in [0.15, 0.2) is 6.10 Å². The van der Waals surface area contributed by atoms with E-state index in [2.05, 4.69) is 10.6 Å². The molecule has 0 saturated carbocycles. The van der Waals surface area contributed by atoms with Crippen LogP contribution in [0, 0.1) is 0 Å². The summed E-state index contributed by atoms with van der Waals surface area (Å²) in [6.45, 7) is 1.68. The van der Waals surface area contributed by atoms with Gasteiger partial charge in [0.1, 0.15) is 11.5 Å². The van der Waals surface area contributed by atoms with Crippen LogP contribution in [0.3, 0.4) is 0 Å². The number of carbonyl (C=O) groups is 2. The van der Waals surface area contributed by atoms with Crippen LogP contribution in [0.5, 0.6) is 11.5 Å². The molecule has 2 N–H and O–H groups in total. The third-order valence-electron chi connectivity index (χ3n) is 3.82. The van der Waals surface area contributed by atoms with Gasteiger partial charge in [-0.15, -0.1) is 11.8 Å². The van der Waals surface area contributed by atoms with Gasteiger partial charge in [0.2, 0.25) is 0 Å². The molecule has 1 aliphatic heterocycles. The van der Waals surface area contributed by atoms with Crippen LogP contribution in [-0.2, 0) is 4.79 Å². The van der Waals surface area contributed by atoms with E-state index in [4.69, 9.17) is 9.47 Å². The maximum atomic E-state index is 12.6. The molecule has 7 heteroatoms. The lowest BCUT2D eigenvalue weighted by molar-refractivity contribution is -0.122. The summed E-state index contributed by atoms with van der Waals surface area (Å²) in [6.07, 6.45) is 1.42. The lowest BCUT2D eigenvalue weighted by Crippen LogP contribution is -2.34. The highest BCUT2D eigenvalue weighted by atomic mass is 32.2. The van der Waals surface area contributed by atoms with Gasteiger partial charge in [-0.25, -0.2) is 0 Å². The van der Waals surface area contributed by atoms with Crippen molar-refractivity contribution in [3.8, 4) is 11.5 Å². The Morgan fingerprint density at radius 3 is 2.80 bits per heavy atom. The second-order valence-electron chi connectivity index (χ2n) is 5.48. The molecule has 1 atom stereocenters. The summed E-state index contributed by atoms with van der Waals surface area (Å²) in [5, 5.41) is 5.57. The highest BCUT2D eigenvalue weighted by Gasteiger charge is 2.24. The SMILES string of the molecule is COc1cc(SC)ccc1C(=O)Nc1ccc2c(c1)NC(=O)C(C)O2. The van der Waals surface area contributed by atoms with E-state index in [0.29, 0.717) is 28.4 Å². The maximum Gasteiger partial charge on any atom is 0.265 e. The van der Waals surface area contributed by atoms with Crippen molar-refractivity contribution in [2.24, 2.45) is 0 Å². The second kappa shape index (κ2) is 7.06. The summed E-state index contributed by atoms with van der Waals surface area (Å²) in [5.41, 5.74) is 1.52. The molecule has 1 aliphatic rings. The third-order valence-corrected chi connectivity index (χ3v) is 4.55. The molecule has 0 aromatic heterocycles. The largest absolute Gasteiger partial charge is 0.496 e. The number of ether oxygens (including phenoxy) is 2. The zero-order chi connectivity index (χ0) is 18.0. The molecule has 0 radical (unpaired) electrons. The quantitative estimate of drug-likeness (QED) is 0.820. The predicted octanol–water partition coefficient (Wildman–Crippen LogP) is 3.39. The molecule has 2 amide bonds. The fourth-order valence-corrected chi connectivity index (χ4v) is 2.90. The first-order valence-electron chi connectivity index (χ1n) is 7.66. The number of carbonyl (C=O) groups excluding carboxylic acids is 2. The fourth-order valence-electron chi connectivity index (χ4n) is 2.47. The molecule has 0 saturated heterocycles. The number of thioether (sulfide) groups is 1. The van der Waals surface area contributed by atoms with Crippen molar-refractivity contribution in [3.63, 3.8) is 0 Å². The summed E-state index contributed by atoms with van der Waals surface area (Å²) in [6, 6.07) is 10.5. The minimum Gasteiger partial charge on any atom is -0.496 e. The molecular weight excluding hydrogens is 340 g/mol. The molecule has 0 fully saturated rings. The maximum absolute atomic E-state index is 12.6. The summed E-state index contributed by atoms with van der Waals surface area (Å²) < 4.78 is 10.8. The van der Waals surface area contributed by atoms with E-state index in [-0.39, 0.29) is 11.8 Å². The van der Waals surface area contributed by atoms with Crippen molar-refractivity contribution in [1.29, 1.82) is 0 Å². The van der Waals surface area contributed by atoms with Crippen molar-refractivity contribution in [3.05, 3.63) is 42.0 Å². The summed E-state index contributed by atoms with van der Waals surface area (Å²) >= 11 is 1.57. The Labute approximate surface area is 149 Å². The third kappa shape index (κ3) is 3.56. The second-order valence-corrected chi connectivity index (χ2v) is 6.36. The minimum atomic E-state index is -0.535. The zero-order valence-corrected chi connectivity index (χ0v) is 14.9. The first-order valence-corrected chi connectivity index (χ1v) is 8.89. The van der Waals surface area contributed by atoms with E-state index in [1.165, 1.54) is 7.11 Å². The lowest BCUT2D eigenvalue weighted by Gasteiger charge is -2.23. The number of rotatable bonds is 4. The number of benzene rings is 2. The van der Waals surface area contributed by atoms with Crippen molar-refractivity contribution >= 4 is 35.0 Å². The topological polar surface area (TPSA) is 76.7 Å². The van der Waals surface area contributed by atoms with Crippen LogP contribution in [0.4, 0.5) is 11.4 Å². The van der Waals surface area contributed by atoms with Crippen LogP contribution < -0.4 is 20.1 Å². The molecule has 6 nitrogen and oxygen atoms in total. The molecule has 2 aromatic rings. The summed E-state index contributed by atoms with van der Waals surface area (Å²) in [4.78, 5) is 25.3. The van der Waals surface area contributed by atoms with E-state index < -0.39 is 6.10 Å². The van der Waals surface area contributed by atoms with Gasteiger partial charge in [-0.1, -0.05) is 0 Å². The zero-order valence-electron chi connectivity index (χ0n) is 14.1. The van der Waals surface area contributed by atoms with E-state index in [9.17, 15) is 9.59 Å². The smallest absolute Gasteiger partial charge is 0.265 e. The van der Waals surface area contributed by atoms with E-state index in [0.717, 1.165) is 4.90 Å². The number of nitrogens with one attached hydrogen (secondary N) is 2. The van der Waals surface area contributed by atoms with Gasteiger partial charge in [0.25, 0.3) is 11.8 Å². The Balaban J connectivity index is 1.82. The van der Waals surface area contributed by atoms with Gasteiger partial charge in [-0.05, 0) is 49.6 Å². The lowest BCUT2D eigenvalue weighted by atomic mass is 10.1. The number of hydrogen-bond acceptors (Lipinski definition) is 5. The number of anilines is 2. The van der Waals surface area contributed by atoms with Gasteiger partial charge in [0, 0.05) is 10.6 Å². The Morgan fingerprint density at radius 1 is 1.28 bits per heavy atom. The minimum absolute atomic E-state index is 0.217. The van der Waals surface area contributed by atoms with Gasteiger partial charge in [-0.2, -0.15) is 0 Å². The van der Waals surface area contributed by atoms with E-state index in [1.54, 1.807) is 43.0 Å². The van der Waals surface area contributed by atoms with Crippen LogP contribution in [-0.4, -0.2) is 31.3 Å². The Kier molecular flexibility index (Phi) is 4.85. The molecular formula is C18H18N2O4S. The number of methoxy groups -OCH3 is 1. The molecule has 1 unspecified atom stereocenters. The Morgan fingerprint density at radius 2 is 2.08 bits per heavy atom. The van der Waals surface area contributed by atoms with Crippen molar-refractivity contribution in [1.82, 2.24) is 0 Å². The predicted molar refractivity (Wildman–Crippen MR) is 97.9 cm³/mol. The normalized spacial score (nSPS) is 15.6. The molecule has 25 heavy (non-hydrogen) atoms. The molecule has 2 aromatic carbocycles. The van der Waals surface area contributed by atoms with E-state index >= 15 is 0 Å². The number of hydrogen-bond donors (Lipinski definition) is 2. The number of amides is 2. The standard InChI is InChI=1S/C18H18N2O4S/c1-10-17(21)20-14-8-11(4-7-15(14)24-10)19-18(22)13-6-5-12(25-3)9-16(13)23-2/h4-10H,1-3H3,(H,19,22)(H,20,21). The van der Waals surface area contributed by atoms with Crippen molar-refractivity contribution in [2.45, 2.75) is 17.9 Å². The van der Waals surface area contributed by atoms with Crippen molar-refractivity contribution in [2.75, 3.05) is 24.0 Å². The van der Waals surface area contributed by atoms with Gasteiger partial charge in [0.05, 0.1) is 18.4 Å². The average molecular weight is 358 g/mol. The van der Waals surface area contributed by atoms with Crippen LogP contribution in [0.1, 0.15) is 17.3 Å². The van der Waals surface area contributed by atoms with Gasteiger partial charge < -0.3 is 20.1 Å². The monoisotopic (exact) mass is 358 g/mol. The van der Waals surface area contributed by atoms with E-state index in [1.807, 2.05) is 18.4 Å². The number of fused-ring (bicyclic) bond motifs is 1. The highest BCUT2D eigenvalue weighted by Crippen LogP contribution is 2.33. The fraction of sp³-hybridized carbons (Fsp3) is 0.222. The van der Waals surface area contributed by atoms with Crippen LogP contribution in [0.2, 0.25) is 0 Å². The summed E-state index contributed by atoms with van der Waals surface area (Å²) in [5.74, 6) is 0.575. The molecule has 130 valence electrons. The van der Waals surface area contributed by atoms with Gasteiger partial charge >= 0.3 is 0 Å². The van der Waals surface area contributed by atoms with Crippen LogP contribution in [0.25, 0.3) is 0 Å². The van der Waals surface area contributed by atoms with Crippen molar-refractivity contribution < 1.29 is 19.1 Å². The van der Waals surface area contributed by atoms with Crippen LogP contribution in [0.15, 0.2) is 41.3 Å². The molecule has 0 bridgehead atoms. The first-order chi connectivity index (χ1) is 12.0. The Bertz CT molecular complexity index is 838. The molecule has 1 heterocycles. The molecule has 0 spiro atoms. The summed E-state index contributed by atoms with van der Waals surface area (Å²) in [7, 11) is 1.53. The molecule has 0 aliphatic carbocycles.